The van der Waals surface area contributed by atoms with E-state index in [1.165, 1.54) is 24.0 Å². The third kappa shape index (κ3) is 3.49. The predicted molar refractivity (Wildman–Crippen MR) is 76.3 cm³/mol. The Kier molecular flexibility index (Phi) is 4.65. The van der Waals surface area contributed by atoms with Crippen molar-refractivity contribution in [2.75, 3.05) is 6.54 Å². The summed E-state index contributed by atoms with van der Waals surface area (Å²) in [5.74, 6) is 1.10. The quantitative estimate of drug-likeness (QED) is 0.831. The van der Waals surface area contributed by atoms with Crippen LogP contribution in [-0.2, 0) is 6.42 Å². The van der Waals surface area contributed by atoms with Crippen LogP contribution in [0.4, 0.5) is 0 Å². The van der Waals surface area contributed by atoms with Gasteiger partial charge in [-0.1, -0.05) is 24.6 Å². The van der Waals surface area contributed by atoms with Gasteiger partial charge in [-0.05, 0) is 51.3 Å². The second-order valence-electron chi connectivity index (χ2n) is 5.49. The monoisotopic (exact) mass is 247 g/mol. The largest absolute Gasteiger partial charge is 0.490 e. The van der Waals surface area contributed by atoms with E-state index in [2.05, 4.69) is 44.3 Å². The van der Waals surface area contributed by atoms with Gasteiger partial charge >= 0.3 is 0 Å². The molecule has 2 atom stereocenters. The van der Waals surface area contributed by atoms with Gasteiger partial charge in [-0.25, -0.2) is 0 Å². The first-order valence-corrected chi connectivity index (χ1v) is 7.18. The molecular formula is C16H25NO. The minimum atomic E-state index is 0.382. The lowest BCUT2D eigenvalue weighted by molar-refractivity contribution is 0.212. The molecule has 0 aromatic heterocycles. The molecule has 1 aliphatic heterocycles. The van der Waals surface area contributed by atoms with Gasteiger partial charge in [0.2, 0.25) is 0 Å². The molecule has 18 heavy (non-hydrogen) atoms. The molecule has 100 valence electrons. The van der Waals surface area contributed by atoms with E-state index < -0.39 is 0 Å². The van der Waals surface area contributed by atoms with Crippen LogP contribution in [0.5, 0.6) is 5.75 Å². The molecule has 2 rings (SSSR count). The fourth-order valence-electron chi connectivity index (χ4n) is 2.54. The Labute approximate surface area is 111 Å². The Morgan fingerprint density at radius 3 is 3.06 bits per heavy atom. The van der Waals surface area contributed by atoms with E-state index in [1.807, 2.05) is 0 Å². The fraction of sp³-hybridized carbons (Fsp3) is 0.625. The molecule has 2 heteroatoms. The zero-order chi connectivity index (χ0) is 13.0. The predicted octanol–water partition coefficient (Wildman–Crippen LogP) is 3.47. The van der Waals surface area contributed by atoms with E-state index in [9.17, 15) is 0 Å². The van der Waals surface area contributed by atoms with Gasteiger partial charge in [-0.3, -0.25) is 0 Å². The molecule has 1 heterocycles. The van der Waals surface area contributed by atoms with E-state index >= 15 is 0 Å². The highest BCUT2D eigenvalue weighted by Crippen LogP contribution is 2.31. The highest BCUT2D eigenvalue weighted by molar-refractivity contribution is 5.40. The SMILES string of the molecule is CCCNC(C)CCC1Cc2cc(C)ccc2O1. The Morgan fingerprint density at radius 1 is 1.44 bits per heavy atom. The molecule has 1 aromatic carbocycles. The first-order chi connectivity index (χ1) is 8.69. The number of fused-ring (bicyclic) bond motifs is 1. The van der Waals surface area contributed by atoms with Crippen LogP contribution in [0, 0.1) is 6.92 Å². The average molecular weight is 247 g/mol. The molecule has 0 bridgehead atoms. The zero-order valence-electron chi connectivity index (χ0n) is 11.8. The minimum absolute atomic E-state index is 0.382. The molecule has 0 radical (unpaired) electrons. The maximum absolute atomic E-state index is 5.99. The summed E-state index contributed by atoms with van der Waals surface area (Å²) in [6.45, 7) is 7.73. The molecule has 0 amide bonds. The molecule has 0 aliphatic carbocycles. The van der Waals surface area contributed by atoms with Crippen molar-refractivity contribution in [3.05, 3.63) is 29.3 Å². The van der Waals surface area contributed by atoms with Crippen LogP contribution in [0.15, 0.2) is 18.2 Å². The number of benzene rings is 1. The summed E-state index contributed by atoms with van der Waals surface area (Å²) in [6, 6.07) is 7.10. The van der Waals surface area contributed by atoms with Crippen molar-refractivity contribution in [2.45, 2.75) is 58.6 Å². The highest BCUT2D eigenvalue weighted by atomic mass is 16.5. The van der Waals surface area contributed by atoms with Crippen molar-refractivity contribution in [1.29, 1.82) is 0 Å². The van der Waals surface area contributed by atoms with Crippen LogP contribution < -0.4 is 10.1 Å². The number of aryl methyl sites for hydroxylation is 1. The maximum Gasteiger partial charge on any atom is 0.123 e. The summed E-state index contributed by atoms with van der Waals surface area (Å²) in [5, 5.41) is 3.53. The van der Waals surface area contributed by atoms with Crippen LogP contribution in [0.1, 0.15) is 44.2 Å². The van der Waals surface area contributed by atoms with Gasteiger partial charge in [0, 0.05) is 12.5 Å². The second-order valence-corrected chi connectivity index (χ2v) is 5.49. The lowest BCUT2D eigenvalue weighted by atomic mass is 10.0. The Hall–Kier alpha value is -1.02. The van der Waals surface area contributed by atoms with Crippen LogP contribution in [0.25, 0.3) is 0 Å². The Balaban J connectivity index is 1.77. The molecule has 0 saturated carbocycles. The molecule has 0 fully saturated rings. The van der Waals surface area contributed by atoms with Crippen LogP contribution >= 0.6 is 0 Å². The summed E-state index contributed by atoms with van der Waals surface area (Å²) < 4.78 is 5.99. The molecule has 1 aromatic rings. The average Bonchev–Trinajstić information content (AvgIpc) is 2.75. The van der Waals surface area contributed by atoms with Crippen LogP contribution in [0.3, 0.4) is 0 Å². The Morgan fingerprint density at radius 2 is 2.28 bits per heavy atom. The van der Waals surface area contributed by atoms with E-state index in [0.717, 1.165) is 25.1 Å². The lowest BCUT2D eigenvalue weighted by Gasteiger charge is -2.16. The smallest absolute Gasteiger partial charge is 0.123 e. The number of nitrogens with one attached hydrogen (secondary N) is 1. The van der Waals surface area contributed by atoms with Crippen molar-refractivity contribution < 1.29 is 4.74 Å². The lowest BCUT2D eigenvalue weighted by Crippen LogP contribution is -2.28. The van der Waals surface area contributed by atoms with Gasteiger partial charge in [0.25, 0.3) is 0 Å². The van der Waals surface area contributed by atoms with Crippen molar-refractivity contribution in [3.8, 4) is 5.75 Å². The zero-order valence-corrected chi connectivity index (χ0v) is 11.8. The highest BCUT2D eigenvalue weighted by Gasteiger charge is 2.22. The van der Waals surface area contributed by atoms with E-state index in [1.54, 1.807) is 0 Å². The molecule has 0 saturated heterocycles. The molecular weight excluding hydrogens is 222 g/mol. The van der Waals surface area contributed by atoms with Gasteiger partial charge < -0.3 is 10.1 Å². The first-order valence-electron chi connectivity index (χ1n) is 7.18. The standard InChI is InChI=1S/C16H25NO/c1-4-9-17-13(3)6-7-15-11-14-10-12(2)5-8-16(14)18-15/h5,8,10,13,15,17H,4,6-7,9,11H2,1-3H3. The number of hydrogen-bond donors (Lipinski definition) is 1. The summed E-state index contributed by atoms with van der Waals surface area (Å²) in [6.07, 6.45) is 5.00. The van der Waals surface area contributed by atoms with Gasteiger partial charge in [0.15, 0.2) is 0 Å². The molecule has 2 nitrogen and oxygen atoms in total. The topological polar surface area (TPSA) is 21.3 Å². The summed E-state index contributed by atoms with van der Waals surface area (Å²) >= 11 is 0. The van der Waals surface area contributed by atoms with Gasteiger partial charge in [-0.15, -0.1) is 0 Å². The third-order valence-corrected chi connectivity index (χ3v) is 3.62. The van der Waals surface area contributed by atoms with Gasteiger partial charge in [0.05, 0.1) is 0 Å². The van der Waals surface area contributed by atoms with Gasteiger partial charge in [0.1, 0.15) is 11.9 Å². The van der Waals surface area contributed by atoms with Crippen molar-refractivity contribution in [1.82, 2.24) is 5.32 Å². The van der Waals surface area contributed by atoms with Crippen molar-refractivity contribution in [2.24, 2.45) is 0 Å². The molecule has 0 spiro atoms. The summed E-state index contributed by atoms with van der Waals surface area (Å²) in [5.41, 5.74) is 2.71. The van der Waals surface area contributed by atoms with Crippen LogP contribution in [0.2, 0.25) is 0 Å². The van der Waals surface area contributed by atoms with Crippen molar-refractivity contribution in [3.63, 3.8) is 0 Å². The second kappa shape index (κ2) is 6.24. The third-order valence-electron chi connectivity index (χ3n) is 3.62. The minimum Gasteiger partial charge on any atom is -0.490 e. The number of ether oxygens (including phenoxy) is 1. The molecule has 1 aliphatic rings. The van der Waals surface area contributed by atoms with Gasteiger partial charge in [-0.2, -0.15) is 0 Å². The van der Waals surface area contributed by atoms with E-state index in [0.29, 0.717) is 12.1 Å². The number of rotatable bonds is 6. The van der Waals surface area contributed by atoms with E-state index in [-0.39, 0.29) is 0 Å². The maximum atomic E-state index is 5.99. The summed E-state index contributed by atoms with van der Waals surface area (Å²) in [7, 11) is 0. The molecule has 2 unspecified atom stereocenters. The first kappa shape index (κ1) is 13.4. The molecule has 1 N–H and O–H groups in total. The van der Waals surface area contributed by atoms with Crippen molar-refractivity contribution >= 4 is 0 Å². The fourth-order valence-corrected chi connectivity index (χ4v) is 2.54. The Bertz CT molecular complexity index is 389. The summed E-state index contributed by atoms with van der Waals surface area (Å²) in [4.78, 5) is 0. The van der Waals surface area contributed by atoms with E-state index in [4.69, 9.17) is 4.74 Å². The van der Waals surface area contributed by atoms with Crippen LogP contribution in [-0.4, -0.2) is 18.7 Å². The normalized spacial score (nSPS) is 19.4. The number of hydrogen-bond acceptors (Lipinski definition) is 2.